The Morgan fingerprint density at radius 3 is 2.39 bits per heavy atom. The average Bonchev–Trinajstić information content (AvgIpc) is 2.40. The van der Waals surface area contributed by atoms with Gasteiger partial charge in [-0.15, -0.1) is 0 Å². The third-order valence-electron chi connectivity index (χ3n) is 4.13. The summed E-state index contributed by atoms with van der Waals surface area (Å²) in [5, 5.41) is 9.41. The Labute approximate surface area is 110 Å². The van der Waals surface area contributed by atoms with Gasteiger partial charge in [-0.1, -0.05) is 36.8 Å². The second kappa shape index (κ2) is 6.02. The highest BCUT2D eigenvalue weighted by Crippen LogP contribution is 2.26. The molecule has 1 heterocycles. The zero-order valence-electron chi connectivity index (χ0n) is 11.3. The molecule has 0 bridgehead atoms. The van der Waals surface area contributed by atoms with Gasteiger partial charge < -0.3 is 0 Å². The number of piperidine rings is 1. The van der Waals surface area contributed by atoms with Gasteiger partial charge in [0.15, 0.2) is 0 Å². The van der Waals surface area contributed by atoms with Crippen molar-refractivity contribution in [2.24, 2.45) is 0 Å². The van der Waals surface area contributed by atoms with E-state index < -0.39 is 0 Å². The Morgan fingerprint density at radius 2 is 1.83 bits per heavy atom. The normalized spacial score (nSPS) is 26.5. The van der Waals surface area contributed by atoms with E-state index in [-0.39, 0.29) is 5.92 Å². The van der Waals surface area contributed by atoms with E-state index in [0.29, 0.717) is 12.1 Å². The van der Waals surface area contributed by atoms with Crippen LogP contribution in [0.15, 0.2) is 30.3 Å². The van der Waals surface area contributed by atoms with E-state index in [9.17, 15) is 5.26 Å². The van der Waals surface area contributed by atoms with Gasteiger partial charge in [-0.05, 0) is 32.3 Å². The fourth-order valence-corrected chi connectivity index (χ4v) is 2.95. The van der Waals surface area contributed by atoms with Crippen LogP contribution in [0.1, 0.15) is 44.6 Å². The highest BCUT2D eigenvalue weighted by atomic mass is 15.2. The first kappa shape index (κ1) is 13.1. The quantitative estimate of drug-likeness (QED) is 0.810. The van der Waals surface area contributed by atoms with Crippen LogP contribution in [0.2, 0.25) is 0 Å². The summed E-state index contributed by atoms with van der Waals surface area (Å²) in [4.78, 5) is 2.50. The van der Waals surface area contributed by atoms with Gasteiger partial charge >= 0.3 is 0 Å². The van der Waals surface area contributed by atoms with Crippen molar-refractivity contribution < 1.29 is 0 Å². The summed E-state index contributed by atoms with van der Waals surface area (Å²) in [6.07, 6.45) is 3.84. The van der Waals surface area contributed by atoms with Gasteiger partial charge in [-0.3, -0.25) is 4.90 Å². The highest BCUT2D eigenvalue weighted by Gasteiger charge is 2.27. The first-order valence-electron chi connectivity index (χ1n) is 6.92. The second-order valence-corrected chi connectivity index (χ2v) is 5.42. The van der Waals surface area contributed by atoms with Crippen LogP contribution in [0.3, 0.4) is 0 Å². The summed E-state index contributed by atoms with van der Waals surface area (Å²) in [6, 6.07) is 13.8. The van der Waals surface area contributed by atoms with Crippen LogP contribution in [-0.2, 0) is 0 Å². The van der Waals surface area contributed by atoms with E-state index in [4.69, 9.17) is 0 Å². The summed E-state index contributed by atoms with van der Waals surface area (Å²) >= 11 is 0. The van der Waals surface area contributed by atoms with E-state index in [2.05, 4.69) is 36.9 Å². The molecule has 0 saturated carbocycles. The number of hydrogen-bond acceptors (Lipinski definition) is 2. The summed E-state index contributed by atoms with van der Waals surface area (Å²) in [5.74, 6) is -0.00537. The van der Waals surface area contributed by atoms with Crippen LogP contribution in [0.25, 0.3) is 0 Å². The SMILES string of the molecule is CC1CCCC(C)N1CC(C#N)c1ccccc1. The van der Waals surface area contributed by atoms with Gasteiger partial charge in [0.2, 0.25) is 0 Å². The van der Waals surface area contributed by atoms with Crippen molar-refractivity contribution in [2.75, 3.05) is 6.54 Å². The summed E-state index contributed by atoms with van der Waals surface area (Å²) in [6.45, 7) is 5.44. The summed E-state index contributed by atoms with van der Waals surface area (Å²) in [7, 11) is 0. The lowest BCUT2D eigenvalue weighted by Gasteiger charge is -2.40. The van der Waals surface area contributed by atoms with Crippen molar-refractivity contribution in [2.45, 2.75) is 51.1 Å². The van der Waals surface area contributed by atoms with Crippen LogP contribution in [0.4, 0.5) is 0 Å². The van der Waals surface area contributed by atoms with E-state index in [1.807, 2.05) is 18.2 Å². The third-order valence-corrected chi connectivity index (χ3v) is 4.13. The highest BCUT2D eigenvalue weighted by molar-refractivity contribution is 5.25. The summed E-state index contributed by atoms with van der Waals surface area (Å²) in [5.41, 5.74) is 1.14. The molecule has 0 radical (unpaired) electrons. The van der Waals surface area contributed by atoms with Gasteiger partial charge in [-0.25, -0.2) is 0 Å². The van der Waals surface area contributed by atoms with Gasteiger partial charge in [0.1, 0.15) is 0 Å². The topological polar surface area (TPSA) is 27.0 Å². The number of rotatable bonds is 3. The monoisotopic (exact) mass is 242 g/mol. The van der Waals surface area contributed by atoms with E-state index in [1.54, 1.807) is 0 Å². The molecule has 1 saturated heterocycles. The maximum Gasteiger partial charge on any atom is 0.0839 e. The molecule has 2 nitrogen and oxygen atoms in total. The van der Waals surface area contributed by atoms with Crippen molar-refractivity contribution >= 4 is 0 Å². The molecule has 0 aliphatic carbocycles. The Bertz CT molecular complexity index is 397. The number of nitrogens with zero attached hydrogens (tertiary/aromatic N) is 2. The smallest absolute Gasteiger partial charge is 0.0839 e. The standard InChI is InChI=1S/C16H22N2/c1-13-7-6-8-14(2)18(13)12-16(11-17)15-9-4-3-5-10-15/h3-5,9-10,13-14,16H,6-8,12H2,1-2H3. The van der Waals surface area contributed by atoms with Crippen molar-refractivity contribution in [3.8, 4) is 6.07 Å². The molecule has 1 fully saturated rings. The Morgan fingerprint density at radius 1 is 1.22 bits per heavy atom. The molecule has 3 atom stereocenters. The minimum Gasteiger partial charge on any atom is -0.296 e. The number of benzene rings is 1. The third kappa shape index (κ3) is 2.91. The molecule has 0 aromatic heterocycles. The van der Waals surface area contributed by atoms with E-state index >= 15 is 0 Å². The van der Waals surface area contributed by atoms with Crippen molar-refractivity contribution in [3.05, 3.63) is 35.9 Å². The molecule has 1 aromatic rings. The lowest BCUT2D eigenvalue weighted by Crippen LogP contribution is -2.45. The van der Waals surface area contributed by atoms with Crippen LogP contribution < -0.4 is 0 Å². The number of hydrogen-bond donors (Lipinski definition) is 0. The lowest BCUT2D eigenvalue weighted by molar-refractivity contribution is 0.101. The van der Waals surface area contributed by atoms with Gasteiger partial charge in [0.25, 0.3) is 0 Å². The van der Waals surface area contributed by atoms with Gasteiger partial charge in [-0.2, -0.15) is 5.26 Å². The van der Waals surface area contributed by atoms with Crippen molar-refractivity contribution in [3.63, 3.8) is 0 Å². The minimum atomic E-state index is -0.00537. The fourth-order valence-electron chi connectivity index (χ4n) is 2.95. The maximum atomic E-state index is 9.41. The zero-order valence-corrected chi connectivity index (χ0v) is 11.3. The molecule has 3 unspecified atom stereocenters. The molecule has 1 aromatic carbocycles. The molecule has 1 aliphatic heterocycles. The molecule has 0 amide bonds. The van der Waals surface area contributed by atoms with Crippen LogP contribution >= 0.6 is 0 Å². The largest absolute Gasteiger partial charge is 0.296 e. The Balaban J connectivity index is 2.09. The molecule has 18 heavy (non-hydrogen) atoms. The molecule has 0 spiro atoms. The molecule has 0 N–H and O–H groups in total. The fraction of sp³-hybridized carbons (Fsp3) is 0.562. The first-order valence-corrected chi connectivity index (χ1v) is 6.92. The maximum absolute atomic E-state index is 9.41. The average molecular weight is 242 g/mol. The number of nitriles is 1. The molecule has 2 rings (SSSR count). The molecular weight excluding hydrogens is 220 g/mol. The van der Waals surface area contributed by atoms with Crippen LogP contribution in [0, 0.1) is 11.3 Å². The Kier molecular flexibility index (Phi) is 4.38. The number of likely N-dealkylation sites (tertiary alicyclic amines) is 1. The lowest BCUT2D eigenvalue weighted by atomic mass is 9.93. The molecule has 96 valence electrons. The first-order chi connectivity index (χ1) is 8.72. The molecule has 2 heteroatoms. The van der Waals surface area contributed by atoms with Crippen LogP contribution in [-0.4, -0.2) is 23.5 Å². The predicted octanol–water partition coefficient (Wildman–Crippen LogP) is 3.56. The van der Waals surface area contributed by atoms with Gasteiger partial charge in [0.05, 0.1) is 12.0 Å². The molecular formula is C16H22N2. The second-order valence-electron chi connectivity index (χ2n) is 5.42. The predicted molar refractivity (Wildman–Crippen MR) is 74.3 cm³/mol. The molecule has 1 aliphatic rings. The van der Waals surface area contributed by atoms with E-state index in [1.165, 1.54) is 19.3 Å². The van der Waals surface area contributed by atoms with Gasteiger partial charge in [0, 0.05) is 18.6 Å². The summed E-state index contributed by atoms with van der Waals surface area (Å²) < 4.78 is 0. The Hall–Kier alpha value is -1.33. The van der Waals surface area contributed by atoms with E-state index in [0.717, 1.165) is 12.1 Å². The van der Waals surface area contributed by atoms with Crippen molar-refractivity contribution in [1.82, 2.24) is 4.90 Å². The zero-order chi connectivity index (χ0) is 13.0. The minimum absolute atomic E-state index is 0.00537. The van der Waals surface area contributed by atoms with Crippen molar-refractivity contribution in [1.29, 1.82) is 5.26 Å². The van der Waals surface area contributed by atoms with Crippen LogP contribution in [0.5, 0.6) is 0 Å².